The first kappa shape index (κ1) is 10.5. The lowest BCUT2D eigenvalue weighted by molar-refractivity contribution is 0.171. The predicted octanol–water partition coefficient (Wildman–Crippen LogP) is 1.36. The van der Waals surface area contributed by atoms with Crippen LogP contribution in [0, 0.1) is 17.3 Å². The Bertz CT molecular complexity index is 194. The summed E-state index contributed by atoms with van der Waals surface area (Å²) in [5.41, 5.74) is 0.0390. The van der Waals surface area contributed by atoms with Gasteiger partial charge in [-0.05, 0) is 0 Å². The monoisotopic (exact) mass is 182 g/mol. The van der Waals surface area contributed by atoms with Crippen molar-refractivity contribution >= 4 is 0 Å². The molecule has 74 valence electrons. The van der Waals surface area contributed by atoms with Crippen LogP contribution in [0.3, 0.4) is 0 Å². The summed E-state index contributed by atoms with van der Waals surface area (Å²) >= 11 is 0. The summed E-state index contributed by atoms with van der Waals surface area (Å²) in [5.74, 6) is 0.117. The van der Waals surface area contributed by atoms with Gasteiger partial charge in [0, 0.05) is 30.5 Å². The minimum Gasteiger partial charge on any atom is -0.396 e. The third-order valence-corrected chi connectivity index (χ3v) is 2.52. The van der Waals surface area contributed by atoms with Gasteiger partial charge in [0.2, 0.25) is 0 Å². The van der Waals surface area contributed by atoms with Gasteiger partial charge >= 0.3 is 0 Å². The molecular formula is C11H18O2. The van der Waals surface area contributed by atoms with E-state index >= 15 is 0 Å². The Morgan fingerprint density at radius 1 is 1.00 bits per heavy atom. The molecule has 0 aromatic heterocycles. The van der Waals surface area contributed by atoms with Gasteiger partial charge in [0.15, 0.2) is 0 Å². The molecule has 0 heterocycles. The van der Waals surface area contributed by atoms with E-state index < -0.39 is 0 Å². The molecule has 2 atom stereocenters. The average Bonchev–Trinajstić information content (AvgIpc) is 2.23. The molecule has 2 heteroatoms. The molecule has 2 N–H and O–H groups in total. The maximum atomic E-state index is 9.09. The Labute approximate surface area is 79.6 Å². The highest BCUT2D eigenvalue weighted by molar-refractivity contribution is 5.15. The molecule has 13 heavy (non-hydrogen) atoms. The average molecular weight is 182 g/mol. The third kappa shape index (κ3) is 2.68. The summed E-state index contributed by atoms with van der Waals surface area (Å²) in [7, 11) is 0. The van der Waals surface area contributed by atoms with Gasteiger partial charge in [-0.2, -0.15) is 0 Å². The minimum atomic E-state index is 0.0390. The van der Waals surface area contributed by atoms with Crippen molar-refractivity contribution < 1.29 is 10.2 Å². The second-order valence-corrected chi connectivity index (χ2v) is 4.23. The molecule has 0 amide bonds. The number of rotatable bonds is 2. The number of allylic oxidation sites excluding steroid dienone is 2. The summed E-state index contributed by atoms with van der Waals surface area (Å²) in [6.07, 6.45) is 8.17. The van der Waals surface area contributed by atoms with Crippen molar-refractivity contribution in [1.29, 1.82) is 0 Å². The molecule has 0 unspecified atom stereocenters. The fourth-order valence-electron chi connectivity index (χ4n) is 1.48. The van der Waals surface area contributed by atoms with Crippen molar-refractivity contribution in [3.05, 3.63) is 24.3 Å². The molecule has 0 saturated heterocycles. The third-order valence-electron chi connectivity index (χ3n) is 2.52. The molecular weight excluding hydrogens is 164 g/mol. The van der Waals surface area contributed by atoms with Crippen LogP contribution in [0.2, 0.25) is 0 Å². The normalized spacial score (nSPS) is 31.7. The molecule has 0 aliphatic heterocycles. The lowest BCUT2D eigenvalue weighted by atomic mass is 9.93. The van der Waals surface area contributed by atoms with Crippen LogP contribution in [0.4, 0.5) is 0 Å². The molecule has 0 radical (unpaired) electrons. The van der Waals surface area contributed by atoms with Gasteiger partial charge in [-0.1, -0.05) is 38.2 Å². The molecule has 1 rings (SSSR count). The van der Waals surface area contributed by atoms with Gasteiger partial charge in [0.1, 0.15) is 0 Å². The highest BCUT2D eigenvalue weighted by Crippen LogP contribution is 2.27. The molecule has 0 aromatic carbocycles. The highest BCUT2D eigenvalue weighted by atomic mass is 16.3. The van der Waals surface area contributed by atoms with E-state index in [9.17, 15) is 0 Å². The molecule has 0 spiro atoms. The smallest absolute Gasteiger partial charge is 0.0500 e. The standard InChI is InChI=1S/C11H18O2/c1-11(2)5-3-9(7-12)10(8-13)4-6-11/h3-6,9-10,12-13H,7-8H2,1-2H3/t9-,10+. The number of aliphatic hydroxyl groups is 2. The fourth-order valence-corrected chi connectivity index (χ4v) is 1.48. The molecule has 0 saturated carbocycles. The van der Waals surface area contributed by atoms with Gasteiger partial charge in [-0.3, -0.25) is 0 Å². The van der Waals surface area contributed by atoms with Gasteiger partial charge in [0.05, 0.1) is 0 Å². The first-order valence-corrected chi connectivity index (χ1v) is 4.69. The van der Waals surface area contributed by atoms with Gasteiger partial charge in [-0.15, -0.1) is 0 Å². The zero-order valence-corrected chi connectivity index (χ0v) is 8.27. The largest absolute Gasteiger partial charge is 0.396 e. The van der Waals surface area contributed by atoms with Crippen LogP contribution >= 0.6 is 0 Å². The van der Waals surface area contributed by atoms with Crippen molar-refractivity contribution in [2.75, 3.05) is 13.2 Å². The van der Waals surface area contributed by atoms with Crippen LogP contribution in [0.5, 0.6) is 0 Å². The van der Waals surface area contributed by atoms with Crippen molar-refractivity contribution in [2.45, 2.75) is 13.8 Å². The van der Waals surface area contributed by atoms with E-state index in [2.05, 4.69) is 26.0 Å². The Morgan fingerprint density at radius 2 is 1.38 bits per heavy atom. The highest BCUT2D eigenvalue weighted by Gasteiger charge is 2.21. The van der Waals surface area contributed by atoms with Crippen LogP contribution in [-0.2, 0) is 0 Å². The van der Waals surface area contributed by atoms with E-state index in [0.29, 0.717) is 0 Å². The Balaban J connectivity index is 2.84. The zero-order chi connectivity index (χ0) is 9.90. The number of aliphatic hydroxyl groups excluding tert-OH is 2. The molecule has 0 bridgehead atoms. The first-order valence-electron chi connectivity index (χ1n) is 4.69. The predicted molar refractivity (Wildman–Crippen MR) is 53.2 cm³/mol. The van der Waals surface area contributed by atoms with Gasteiger partial charge in [-0.25, -0.2) is 0 Å². The topological polar surface area (TPSA) is 40.5 Å². The minimum absolute atomic E-state index is 0.0390. The van der Waals surface area contributed by atoms with Gasteiger partial charge < -0.3 is 10.2 Å². The van der Waals surface area contributed by atoms with Crippen LogP contribution in [-0.4, -0.2) is 23.4 Å². The second kappa shape index (κ2) is 4.07. The molecule has 1 aliphatic rings. The van der Waals surface area contributed by atoms with E-state index in [1.165, 1.54) is 0 Å². The van der Waals surface area contributed by atoms with Gasteiger partial charge in [0.25, 0.3) is 0 Å². The molecule has 2 nitrogen and oxygen atoms in total. The van der Waals surface area contributed by atoms with Crippen LogP contribution in [0.25, 0.3) is 0 Å². The van der Waals surface area contributed by atoms with E-state index in [-0.39, 0.29) is 30.5 Å². The zero-order valence-electron chi connectivity index (χ0n) is 8.27. The van der Waals surface area contributed by atoms with E-state index in [1.54, 1.807) is 0 Å². The molecule has 0 fully saturated rings. The summed E-state index contributed by atoms with van der Waals surface area (Å²) in [5, 5.41) is 18.2. The van der Waals surface area contributed by atoms with Crippen LogP contribution in [0.1, 0.15) is 13.8 Å². The van der Waals surface area contributed by atoms with Crippen molar-refractivity contribution in [3.8, 4) is 0 Å². The lowest BCUT2D eigenvalue weighted by Crippen LogP contribution is -2.17. The summed E-state index contributed by atoms with van der Waals surface area (Å²) in [4.78, 5) is 0. The molecule has 1 aliphatic carbocycles. The number of hydrogen-bond donors (Lipinski definition) is 2. The maximum absolute atomic E-state index is 9.09. The Morgan fingerprint density at radius 3 is 1.69 bits per heavy atom. The Hall–Kier alpha value is -0.600. The SMILES string of the molecule is CC1(C)C=C[C@H](CO)[C@H](CO)C=C1. The Kier molecular flexibility index (Phi) is 3.28. The fraction of sp³-hybridized carbons (Fsp3) is 0.636. The number of hydrogen-bond acceptors (Lipinski definition) is 2. The van der Waals surface area contributed by atoms with E-state index in [4.69, 9.17) is 10.2 Å². The van der Waals surface area contributed by atoms with Crippen molar-refractivity contribution in [3.63, 3.8) is 0 Å². The van der Waals surface area contributed by atoms with Crippen molar-refractivity contribution in [2.24, 2.45) is 17.3 Å². The second-order valence-electron chi connectivity index (χ2n) is 4.23. The lowest BCUT2D eigenvalue weighted by Gasteiger charge is -2.15. The van der Waals surface area contributed by atoms with Crippen molar-refractivity contribution in [1.82, 2.24) is 0 Å². The van der Waals surface area contributed by atoms with Crippen LogP contribution < -0.4 is 0 Å². The quantitative estimate of drug-likeness (QED) is 0.633. The summed E-state index contributed by atoms with van der Waals surface area (Å²) < 4.78 is 0. The summed E-state index contributed by atoms with van der Waals surface area (Å²) in [6, 6.07) is 0. The summed E-state index contributed by atoms with van der Waals surface area (Å²) in [6.45, 7) is 4.41. The van der Waals surface area contributed by atoms with Crippen LogP contribution in [0.15, 0.2) is 24.3 Å². The maximum Gasteiger partial charge on any atom is 0.0500 e. The molecule has 0 aromatic rings. The first-order chi connectivity index (χ1) is 6.09. The van der Waals surface area contributed by atoms with E-state index in [0.717, 1.165) is 0 Å². The van der Waals surface area contributed by atoms with E-state index in [1.807, 2.05) is 12.2 Å².